The molecule has 0 spiro atoms. The van der Waals surface area contributed by atoms with Crippen molar-refractivity contribution in [3.05, 3.63) is 48.0 Å². The van der Waals surface area contributed by atoms with Gasteiger partial charge in [-0.2, -0.15) is 0 Å². The average Bonchev–Trinajstić information content (AvgIpc) is 2.43. The van der Waals surface area contributed by atoms with Crippen molar-refractivity contribution >= 4 is 15.7 Å². The minimum atomic E-state index is -3.95. The van der Waals surface area contributed by atoms with E-state index in [0.29, 0.717) is 11.3 Å². The number of sulfonamides is 1. The number of anilines is 1. The summed E-state index contributed by atoms with van der Waals surface area (Å²) in [6.07, 6.45) is 2.04. The molecule has 0 fully saturated rings. The van der Waals surface area contributed by atoms with Gasteiger partial charge in [-0.25, -0.2) is 12.8 Å². The number of aryl methyl sites for hydroxylation is 1. The number of phenols is 1. The molecule has 0 aliphatic carbocycles. The van der Waals surface area contributed by atoms with Crippen molar-refractivity contribution < 1.29 is 17.9 Å². The van der Waals surface area contributed by atoms with Crippen LogP contribution >= 0.6 is 0 Å². The molecule has 0 saturated carbocycles. The predicted octanol–water partition coefficient (Wildman–Crippen LogP) is 2.45. The maximum atomic E-state index is 13.2. The van der Waals surface area contributed by atoms with Crippen LogP contribution in [0.25, 0.3) is 0 Å². The van der Waals surface area contributed by atoms with E-state index in [9.17, 15) is 17.9 Å². The van der Waals surface area contributed by atoms with Gasteiger partial charge in [-0.3, -0.25) is 9.29 Å². The predicted molar refractivity (Wildman–Crippen MR) is 77.2 cm³/mol. The third-order valence-corrected chi connectivity index (χ3v) is 4.87. The number of rotatable bonds is 4. The third-order valence-electron chi connectivity index (χ3n) is 3.02. The Kier molecular flexibility index (Phi) is 4.13. The van der Waals surface area contributed by atoms with E-state index >= 15 is 0 Å². The van der Waals surface area contributed by atoms with Gasteiger partial charge < -0.3 is 5.11 Å². The minimum Gasteiger partial charge on any atom is -0.508 e. The molecular weight excluding hydrogens is 295 g/mol. The molecule has 2 aromatic rings. The summed E-state index contributed by atoms with van der Waals surface area (Å²) in [5, 5.41) is 9.57. The van der Waals surface area contributed by atoms with Crippen LogP contribution in [0.15, 0.2) is 41.6 Å². The summed E-state index contributed by atoms with van der Waals surface area (Å²) in [5.41, 5.74) is 1.03. The Morgan fingerprint density at radius 2 is 2.00 bits per heavy atom. The topological polar surface area (TPSA) is 70.5 Å². The van der Waals surface area contributed by atoms with E-state index in [1.807, 2.05) is 0 Å². The molecule has 1 aromatic carbocycles. The van der Waals surface area contributed by atoms with Crippen molar-refractivity contribution in [1.82, 2.24) is 4.98 Å². The summed E-state index contributed by atoms with van der Waals surface area (Å²) in [6, 6.07) is 5.38. The van der Waals surface area contributed by atoms with Gasteiger partial charge in [0, 0.05) is 18.8 Å². The second kappa shape index (κ2) is 5.69. The van der Waals surface area contributed by atoms with Crippen molar-refractivity contribution in [1.29, 1.82) is 0 Å². The highest BCUT2D eigenvalue weighted by Gasteiger charge is 2.25. The largest absolute Gasteiger partial charge is 0.508 e. The Labute approximate surface area is 122 Å². The molecule has 0 bridgehead atoms. The molecule has 112 valence electrons. The van der Waals surface area contributed by atoms with Crippen molar-refractivity contribution in [2.45, 2.75) is 18.7 Å². The Morgan fingerprint density at radius 1 is 1.29 bits per heavy atom. The van der Waals surface area contributed by atoms with Gasteiger partial charge in [0.1, 0.15) is 16.5 Å². The summed E-state index contributed by atoms with van der Waals surface area (Å²) < 4.78 is 39.6. The van der Waals surface area contributed by atoms with Crippen molar-refractivity contribution in [2.24, 2.45) is 0 Å². The molecule has 0 aliphatic heterocycles. The maximum Gasteiger partial charge on any atom is 0.265 e. The van der Waals surface area contributed by atoms with Gasteiger partial charge in [-0.1, -0.05) is 6.07 Å². The lowest BCUT2D eigenvalue weighted by molar-refractivity contribution is 0.475. The van der Waals surface area contributed by atoms with Gasteiger partial charge in [-0.15, -0.1) is 0 Å². The van der Waals surface area contributed by atoms with Crippen LogP contribution in [0.4, 0.5) is 10.1 Å². The van der Waals surface area contributed by atoms with Gasteiger partial charge in [0.15, 0.2) is 0 Å². The summed E-state index contributed by atoms with van der Waals surface area (Å²) in [7, 11) is -3.95. The zero-order valence-electron chi connectivity index (χ0n) is 11.6. The van der Waals surface area contributed by atoms with Crippen LogP contribution in [0.1, 0.15) is 12.5 Å². The lowest BCUT2D eigenvalue weighted by Crippen LogP contribution is -2.31. The molecule has 1 N–H and O–H groups in total. The van der Waals surface area contributed by atoms with Gasteiger partial charge in [0.25, 0.3) is 10.0 Å². The van der Waals surface area contributed by atoms with E-state index in [2.05, 4.69) is 4.98 Å². The normalized spacial score (nSPS) is 11.4. The number of nitrogens with zero attached hydrogens (tertiary/aromatic N) is 2. The number of phenolic OH excluding ortho intramolecular Hbond substituents is 1. The number of halogens is 1. The average molecular weight is 310 g/mol. The lowest BCUT2D eigenvalue weighted by atomic mass is 10.2. The maximum absolute atomic E-state index is 13.2. The van der Waals surface area contributed by atoms with Crippen LogP contribution < -0.4 is 4.31 Å². The Balaban J connectivity index is 2.57. The smallest absolute Gasteiger partial charge is 0.265 e. The Morgan fingerprint density at radius 3 is 2.62 bits per heavy atom. The summed E-state index contributed by atoms with van der Waals surface area (Å²) in [6.45, 7) is 3.54. The highest BCUT2D eigenvalue weighted by molar-refractivity contribution is 7.92. The molecule has 0 aliphatic rings. The monoisotopic (exact) mass is 310 g/mol. The zero-order chi connectivity index (χ0) is 15.6. The molecule has 5 nitrogen and oxygen atoms in total. The Bertz CT molecular complexity index is 763. The zero-order valence-corrected chi connectivity index (χ0v) is 12.4. The number of hydrogen-bond acceptors (Lipinski definition) is 4. The fraction of sp³-hybridized carbons (Fsp3) is 0.214. The van der Waals surface area contributed by atoms with E-state index in [-0.39, 0.29) is 17.2 Å². The SMILES string of the molecule is CCN(c1cc(O)ccc1C)S(=O)(=O)c1cncc(F)c1. The van der Waals surface area contributed by atoms with E-state index in [0.717, 1.165) is 22.8 Å². The number of benzene rings is 1. The molecule has 1 heterocycles. The summed E-state index contributed by atoms with van der Waals surface area (Å²) in [4.78, 5) is 3.34. The first kappa shape index (κ1) is 15.2. The van der Waals surface area contributed by atoms with E-state index in [1.54, 1.807) is 19.9 Å². The molecule has 0 atom stereocenters. The van der Waals surface area contributed by atoms with Crippen LogP contribution in [-0.4, -0.2) is 25.1 Å². The molecule has 0 unspecified atom stereocenters. The molecule has 2 rings (SSSR count). The first-order valence-electron chi connectivity index (χ1n) is 6.29. The van der Waals surface area contributed by atoms with Crippen LogP contribution in [-0.2, 0) is 10.0 Å². The molecule has 0 amide bonds. The fourth-order valence-corrected chi connectivity index (χ4v) is 3.50. The second-order valence-corrected chi connectivity index (χ2v) is 6.34. The first-order chi connectivity index (χ1) is 9.86. The number of hydrogen-bond donors (Lipinski definition) is 1. The summed E-state index contributed by atoms with van der Waals surface area (Å²) in [5.74, 6) is -0.763. The molecule has 0 radical (unpaired) electrons. The van der Waals surface area contributed by atoms with Gasteiger partial charge in [0.2, 0.25) is 0 Å². The van der Waals surface area contributed by atoms with Crippen LogP contribution in [0.3, 0.4) is 0 Å². The number of aromatic nitrogens is 1. The highest BCUT2D eigenvalue weighted by Crippen LogP contribution is 2.29. The first-order valence-corrected chi connectivity index (χ1v) is 7.73. The standard InChI is InChI=1S/C14H15FN2O3S/c1-3-17(14-7-12(18)5-4-10(14)2)21(19,20)13-6-11(15)8-16-9-13/h4-9,18H,3H2,1-2H3. The minimum absolute atomic E-state index is 0.0402. The van der Waals surface area contributed by atoms with E-state index in [4.69, 9.17) is 0 Å². The van der Waals surface area contributed by atoms with E-state index < -0.39 is 15.8 Å². The number of pyridine rings is 1. The molecule has 0 saturated heterocycles. The third kappa shape index (κ3) is 2.97. The van der Waals surface area contributed by atoms with Gasteiger partial charge in [-0.05, 0) is 31.5 Å². The van der Waals surface area contributed by atoms with Gasteiger partial charge in [0.05, 0.1) is 11.9 Å². The summed E-state index contributed by atoms with van der Waals surface area (Å²) >= 11 is 0. The molecular formula is C14H15FN2O3S. The number of aromatic hydroxyl groups is 1. The lowest BCUT2D eigenvalue weighted by Gasteiger charge is -2.24. The highest BCUT2D eigenvalue weighted by atomic mass is 32.2. The van der Waals surface area contributed by atoms with E-state index in [1.165, 1.54) is 12.1 Å². The van der Waals surface area contributed by atoms with Crippen LogP contribution in [0.2, 0.25) is 0 Å². The quantitative estimate of drug-likeness (QED) is 0.941. The Hall–Kier alpha value is -2.15. The fourth-order valence-electron chi connectivity index (χ4n) is 2.00. The van der Waals surface area contributed by atoms with Crippen molar-refractivity contribution in [2.75, 3.05) is 10.8 Å². The van der Waals surface area contributed by atoms with Gasteiger partial charge >= 0.3 is 0 Å². The van der Waals surface area contributed by atoms with Crippen molar-refractivity contribution in [3.8, 4) is 5.75 Å². The molecule has 21 heavy (non-hydrogen) atoms. The van der Waals surface area contributed by atoms with Crippen LogP contribution in [0, 0.1) is 12.7 Å². The van der Waals surface area contributed by atoms with Crippen LogP contribution in [0.5, 0.6) is 5.75 Å². The van der Waals surface area contributed by atoms with Crippen molar-refractivity contribution in [3.63, 3.8) is 0 Å². The second-order valence-electron chi connectivity index (χ2n) is 4.48. The molecule has 1 aromatic heterocycles. The molecule has 7 heteroatoms.